The van der Waals surface area contributed by atoms with Gasteiger partial charge in [-0.05, 0) is 27.2 Å². The molecular weight excluding hydrogens is 365 g/mol. The number of carbonyl (C=O) groups excluding carboxylic acids is 2. The molecular formula is C12H22INO5. The van der Waals surface area contributed by atoms with Crippen LogP contribution in [0.2, 0.25) is 0 Å². The summed E-state index contributed by atoms with van der Waals surface area (Å²) in [4.78, 5) is 23.1. The van der Waals surface area contributed by atoms with Gasteiger partial charge >= 0.3 is 12.1 Å². The Balaban J connectivity index is 4.27. The average Bonchev–Trinajstić information content (AvgIpc) is 2.29. The molecule has 0 aliphatic carbocycles. The van der Waals surface area contributed by atoms with E-state index in [-0.39, 0.29) is 6.61 Å². The van der Waals surface area contributed by atoms with Gasteiger partial charge in [0.1, 0.15) is 5.60 Å². The van der Waals surface area contributed by atoms with Gasteiger partial charge in [0.25, 0.3) is 0 Å². The first-order valence-corrected chi connectivity index (χ1v) is 7.53. The van der Waals surface area contributed by atoms with Gasteiger partial charge in [-0.1, -0.05) is 22.6 Å². The Labute approximate surface area is 127 Å². The predicted molar refractivity (Wildman–Crippen MR) is 79.5 cm³/mol. The van der Waals surface area contributed by atoms with Crippen molar-refractivity contribution in [3.63, 3.8) is 0 Å². The number of methoxy groups -OCH3 is 1. The summed E-state index contributed by atoms with van der Waals surface area (Å²) in [5, 5.41) is 2.44. The largest absolute Gasteiger partial charge is 0.467 e. The Hall–Kier alpha value is -0.570. The third-order valence-corrected chi connectivity index (χ3v) is 2.65. The van der Waals surface area contributed by atoms with Crippen LogP contribution in [0, 0.1) is 0 Å². The standard InChI is InChI=1S/C12H22INO5/c1-12(2,3)19-11(16)14-9(10(15)17-4)8-18-7-5-6-13/h9H,5-8H2,1-4H3,(H,14,16)/t9-/m0/s1. The van der Waals surface area contributed by atoms with Crippen LogP contribution >= 0.6 is 22.6 Å². The van der Waals surface area contributed by atoms with Crippen LogP contribution < -0.4 is 5.32 Å². The number of alkyl halides is 1. The minimum atomic E-state index is -0.853. The number of halogens is 1. The second-order valence-electron chi connectivity index (χ2n) is 4.84. The molecule has 0 heterocycles. The second kappa shape index (κ2) is 9.35. The topological polar surface area (TPSA) is 73.9 Å². The van der Waals surface area contributed by atoms with Crippen molar-refractivity contribution in [1.82, 2.24) is 5.32 Å². The van der Waals surface area contributed by atoms with Crippen molar-refractivity contribution in [1.29, 1.82) is 0 Å². The summed E-state index contributed by atoms with van der Waals surface area (Å²) < 4.78 is 16.0. The van der Waals surface area contributed by atoms with E-state index in [1.165, 1.54) is 7.11 Å². The lowest BCUT2D eigenvalue weighted by Crippen LogP contribution is -2.46. The van der Waals surface area contributed by atoms with Crippen LogP contribution in [0.25, 0.3) is 0 Å². The molecule has 1 atom stereocenters. The molecule has 19 heavy (non-hydrogen) atoms. The number of ether oxygens (including phenoxy) is 3. The van der Waals surface area contributed by atoms with Gasteiger partial charge in [0.05, 0.1) is 13.7 Å². The van der Waals surface area contributed by atoms with Crippen LogP contribution in [0.4, 0.5) is 4.79 Å². The van der Waals surface area contributed by atoms with Crippen molar-refractivity contribution < 1.29 is 23.8 Å². The molecule has 0 aromatic carbocycles. The molecule has 0 saturated carbocycles. The molecule has 0 aliphatic rings. The van der Waals surface area contributed by atoms with Crippen molar-refractivity contribution in [2.45, 2.75) is 38.8 Å². The van der Waals surface area contributed by atoms with Gasteiger partial charge in [-0.3, -0.25) is 0 Å². The summed E-state index contributed by atoms with van der Waals surface area (Å²) >= 11 is 2.24. The van der Waals surface area contributed by atoms with Crippen molar-refractivity contribution in [2.75, 3.05) is 24.8 Å². The van der Waals surface area contributed by atoms with E-state index in [0.717, 1.165) is 10.8 Å². The first-order chi connectivity index (χ1) is 8.80. The molecule has 0 spiro atoms. The fourth-order valence-electron chi connectivity index (χ4n) is 1.12. The number of hydrogen-bond donors (Lipinski definition) is 1. The Morgan fingerprint density at radius 3 is 2.42 bits per heavy atom. The fraction of sp³-hybridized carbons (Fsp3) is 0.833. The zero-order chi connectivity index (χ0) is 14.9. The van der Waals surface area contributed by atoms with Crippen LogP contribution in [0.1, 0.15) is 27.2 Å². The highest BCUT2D eigenvalue weighted by molar-refractivity contribution is 14.1. The number of alkyl carbamates (subject to hydrolysis) is 1. The van der Waals surface area contributed by atoms with Gasteiger partial charge in [0, 0.05) is 11.0 Å². The average molecular weight is 387 g/mol. The molecule has 1 amide bonds. The maximum Gasteiger partial charge on any atom is 0.408 e. The third kappa shape index (κ3) is 9.94. The van der Waals surface area contributed by atoms with Crippen LogP contribution in [0.3, 0.4) is 0 Å². The van der Waals surface area contributed by atoms with E-state index >= 15 is 0 Å². The highest BCUT2D eigenvalue weighted by atomic mass is 127. The second-order valence-corrected chi connectivity index (χ2v) is 5.92. The number of hydrogen-bond acceptors (Lipinski definition) is 5. The third-order valence-electron chi connectivity index (χ3n) is 1.88. The van der Waals surface area contributed by atoms with Gasteiger partial charge in [-0.25, -0.2) is 9.59 Å². The Kier molecular flexibility index (Phi) is 9.07. The van der Waals surface area contributed by atoms with E-state index in [1.807, 2.05) is 0 Å². The SMILES string of the molecule is COC(=O)[C@H](COCCCI)NC(=O)OC(C)(C)C. The van der Waals surface area contributed by atoms with Crippen LogP contribution in [-0.2, 0) is 19.0 Å². The number of rotatable bonds is 7. The number of nitrogens with one attached hydrogen (secondary N) is 1. The van der Waals surface area contributed by atoms with Gasteiger partial charge in [-0.15, -0.1) is 0 Å². The molecule has 0 unspecified atom stereocenters. The normalized spacial score (nSPS) is 12.7. The minimum Gasteiger partial charge on any atom is -0.467 e. The minimum absolute atomic E-state index is 0.0720. The molecule has 0 aromatic rings. The predicted octanol–water partition coefficient (Wildman–Crippen LogP) is 1.89. The van der Waals surface area contributed by atoms with E-state index < -0.39 is 23.7 Å². The quantitative estimate of drug-likeness (QED) is 0.313. The van der Waals surface area contributed by atoms with Crippen LogP contribution in [-0.4, -0.2) is 48.5 Å². The summed E-state index contributed by atoms with van der Waals surface area (Å²) in [7, 11) is 1.26. The van der Waals surface area contributed by atoms with Crippen molar-refractivity contribution in [3.8, 4) is 0 Å². The number of amides is 1. The van der Waals surface area contributed by atoms with E-state index in [1.54, 1.807) is 20.8 Å². The molecule has 112 valence electrons. The van der Waals surface area contributed by atoms with Crippen LogP contribution in [0.5, 0.6) is 0 Å². The van der Waals surface area contributed by atoms with E-state index in [2.05, 4.69) is 32.6 Å². The molecule has 0 fully saturated rings. The summed E-state index contributed by atoms with van der Waals surface area (Å²) in [6.07, 6.45) is 0.223. The van der Waals surface area contributed by atoms with Gasteiger partial charge < -0.3 is 19.5 Å². The summed E-state index contributed by atoms with van der Waals surface area (Å²) in [5.74, 6) is -0.555. The van der Waals surface area contributed by atoms with Crippen molar-refractivity contribution in [2.24, 2.45) is 0 Å². The number of esters is 1. The molecule has 0 saturated heterocycles. The smallest absolute Gasteiger partial charge is 0.408 e. The summed E-state index contributed by atoms with van der Waals surface area (Å²) in [6, 6.07) is -0.853. The maximum absolute atomic E-state index is 11.6. The molecule has 0 rings (SSSR count). The van der Waals surface area contributed by atoms with E-state index in [9.17, 15) is 9.59 Å². The first kappa shape index (κ1) is 18.4. The molecule has 0 bridgehead atoms. The highest BCUT2D eigenvalue weighted by Gasteiger charge is 2.25. The van der Waals surface area contributed by atoms with Crippen LogP contribution in [0.15, 0.2) is 0 Å². The molecule has 7 heteroatoms. The highest BCUT2D eigenvalue weighted by Crippen LogP contribution is 2.07. The fourth-order valence-corrected chi connectivity index (χ4v) is 1.43. The Bertz CT molecular complexity index is 290. The van der Waals surface area contributed by atoms with E-state index in [0.29, 0.717) is 6.61 Å². The van der Waals surface area contributed by atoms with Gasteiger partial charge in [-0.2, -0.15) is 0 Å². The summed E-state index contributed by atoms with van der Waals surface area (Å²) in [6.45, 7) is 5.85. The Morgan fingerprint density at radius 2 is 1.95 bits per heavy atom. The zero-order valence-electron chi connectivity index (χ0n) is 11.8. The lowest BCUT2D eigenvalue weighted by atomic mass is 10.2. The molecule has 0 aromatic heterocycles. The zero-order valence-corrected chi connectivity index (χ0v) is 14.0. The lowest BCUT2D eigenvalue weighted by molar-refractivity contribution is -0.144. The maximum atomic E-state index is 11.6. The van der Waals surface area contributed by atoms with E-state index in [4.69, 9.17) is 9.47 Å². The summed E-state index contributed by atoms with van der Waals surface area (Å²) in [5.41, 5.74) is -0.618. The number of carbonyl (C=O) groups is 2. The first-order valence-electron chi connectivity index (χ1n) is 6.01. The lowest BCUT2D eigenvalue weighted by Gasteiger charge is -2.22. The molecule has 0 radical (unpaired) electrons. The monoisotopic (exact) mass is 387 g/mol. The Morgan fingerprint density at radius 1 is 1.32 bits per heavy atom. The van der Waals surface area contributed by atoms with Gasteiger partial charge in [0.15, 0.2) is 6.04 Å². The molecule has 0 aliphatic heterocycles. The van der Waals surface area contributed by atoms with Crippen molar-refractivity contribution >= 4 is 34.7 Å². The molecule has 6 nitrogen and oxygen atoms in total. The van der Waals surface area contributed by atoms with Gasteiger partial charge in [0.2, 0.25) is 0 Å². The molecule has 1 N–H and O–H groups in total. The van der Waals surface area contributed by atoms with Crippen molar-refractivity contribution in [3.05, 3.63) is 0 Å².